The molecule has 16 heavy (non-hydrogen) atoms. The highest BCUT2D eigenvalue weighted by Crippen LogP contribution is 2.32. The van der Waals surface area contributed by atoms with Crippen LogP contribution >= 0.6 is 0 Å². The summed E-state index contributed by atoms with van der Waals surface area (Å²) in [6, 6.07) is 5.39. The lowest BCUT2D eigenvalue weighted by molar-refractivity contribution is -0.138. The number of aliphatic hydroxyl groups is 1. The summed E-state index contributed by atoms with van der Waals surface area (Å²) in [5.74, 6) is 0. The fraction of sp³-hybridized carbons (Fsp3) is 0.500. The second kappa shape index (κ2) is 5.34. The first-order chi connectivity index (χ1) is 7.45. The van der Waals surface area contributed by atoms with Gasteiger partial charge in [0.2, 0.25) is 0 Å². The van der Waals surface area contributed by atoms with Crippen molar-refractivity contribution in [1.29, 1.82) is 0 Å². The third kappa shape index (κ3) is 3.52. The van der Waals surface area contributed by atoms with Crippen LogP contribution in [0.4, 0.5) is 13.2 Å². The first kappa shape index (κ1) is 13.0. The molecule has 4 heteroatoms. The molecule has 0 fully saturated rings. The summed E-state index contributed by atoms with van der Waals surface area (Å²) < 4.78 is 37.8. The van der Waals surface area contributed by atoms with E-state index in [2.05, 4.69) is 0 Å². The number of aliphatic hydroxyl groups excluding tert-OH is 1. The summed E-state index contributed by atoms with van der Waals surface area (Å²) in [4.78, 5) is 0. The predicted octanol–water partition coefficient (Wildman–Crippen LogP) is 3.41. The van der Waals surface area contributed by atoms with Gasteiger partial charge in [0.25, 0.3) is 0 Å². The Bertz CT molecular complexity index is 333. The number of alkyl halides is 3. The molecule has 0 aromatic heterocycles. The van der Waals surface area contributed by atoms with E-state index in [4.69, 9.17) is 0 Å². The summed E-state index contributed by atoms with van der Waals surface area (Å²) in [6.07, 6.45) is -3.71. The molecule has 90 valence electrons. The molecule has 0 radical (unpaired) electrons. The second-order valence-electron chi connectivity index (χ2n) is 3.80. The molecule has 1 atom stereocenters. The van der Waals surface area contributed by atoms with Crippen LogP contribution in [-0.2, 0) is 12.6 Å². The monoisotopic (exact) mass is 232 g/mol. The van der Waals surface area contributed by atoms with Gasteiger partial charge in [-0.15, -0.1) is 0 Å². The van der Waals surface area contributed by atoms with Crippen molar-refractivity contribution in [2.75, 3.05) is 0 Å². The minimum absolute atomic E-state index is 0.0591. The second-order valence-corrected chi connectivity index (χ2v) is 3.80. The van der Waals surface area contributed by atoms with Gasteiger partial charge in [-0.25, -0.2) is 0 Å². The molecule has 1 rings (SSSR count). The lowest BCUT2D eigenvalue weighted by atomic mass is 9.99. The molecule has 1 aromatic rings. The van der Waals surface area contributed by atoms with Gasteiger partial charge in [0.1, 0.15) is 0 Å². The average molecular weight is 232 g/mol. The van der Waals surface area contributed by atoms with Crippen molar-refractivity contribution in [2.45, 2.75) is 38.5 Å². The van der Waals surface area contributed by atoms with E-state index in [1.54, 1.807) is 6.07 Å². The van der Waals surface area contributed by atoms with E-state index in [0.29, 0.717) is 6.42 Å². The van der Waals surface area contributed by atoms with Crippen molar-refractivity contribution in [1.82, 2.24) is 0 Å². The van der Waals surface area contributed by atoms with Crippen molar-refractivity contribution >= 4 is 0 Å². The minimum Gasteiger partial charge on any atom is -0.393 e. The number of hydrogen-bond donors (Lipinski definition) is 1. The van der Waals surface area contributed by atoms with Crippen LogP contribution in [0.25, 0.3) is 0 Å². The van der Waals surface area contributed by atoms with E-state index >= 15 is 0 Å². The van der Waals surface area contributed by atoms with Crippen molar-refractivity contribution in [3.8, 4) is 0 Å². The van der Waals surface area contributed by atoms with Gasteiger partial charge in [0, 0.05) is 0 Å². The zero-order chi connectivity index (χ0) is 12.2. The highest BCUT2D eigenvalue weighted by atomic mass is 19.4. The first-order valence-corrected chi connectivity index (χ1v) is 5.28. The van der Waals surface area contributed by atoms with E-state index in [0.717, 1.165) is 12.5 Å². The van der Waals surface area contributed by atoms with Gasteiger partial charge in [0.05, 0.1) is 11.7 Å². The van der Waals surface area contributed by atoms with Crippen LogP contribution < -0.4 is 0 Å². The molecule has 0 aliphatic carbocycles. The average Bonchev–Trinajstić information content (AvgIpc) is 2.17. The Morgan fingerprint density at radius 2 is 1.88 bits per heavy atom. The van der Waals surface area contributed by atoms with E-state index in [9.17, 15) is 18.3 Å². The smallest absolute Gasteiger partial charge is 0.393 e. The molecular formula is C12H15F3O. The van der Waals surface area contributed by atoms with Gasteiger partial charge < -0.3 is 5.11 Å². The summed E-state index contributed by atoms with van der Waals surface area (Å²) in [5.41, 5.74) is -0.485. The third-order valence-corrected chi connectivity index (χ3v) is 2.40. The summed E-state index contributed by atoms with van der Waals surface area (Å²) in [6.45, 7) is 1.89. The van der Waals surface area contributed by atoms with Crippen molar-refractivity contribution in [3.05, 3.63) is 35.4 Å². The van der Waals surface area contributed by atoms with Crippen molar-refractivity contribution < 1.29 is 18.3 Å². The number of benzene rings is 1. The fourth-order valence-corrected chi connectivity index (χ4v) is 1.66. The topological polar surface area (TPSA) is 20.2 Å². The van der Waals surface area contributed by atoms with Gasteiger partial charge in [-0.05, 0) is 24.5 Å². The molecule has 0 bridgehead atoms. The van der Waals surface area contributed by atoms with Gasteiger partial charge >= 0.3 is 6.18 Å². The normalized spacial score (nSPS) is 13.8. The standard InChI is InChI=1S/C12H15F3O/c1-2-5-10(16)8-9-6-3-4-7-11(9)12(13,14)15/h3-4,6-7,10,16H,2,5,8H2,1H3/t10-/m0/s1. The largest absolute Gasteiger partial charge is 0.416 e. The van der Waals surface area contributed by atoms with Crippen molar-refractivity contribution in [2.24, 2.45) is 0 Å². The molecule has 1 aromatic carbocycles. The highest BCUT2D eigenvalue weighted by molar-refractivity contribution is 5.30. The number of hydrogen-bond acceptors (Lipinski definition) is 1. The minimum atomic E-state index is -4.34. The molecule has 1 N–H and O–H groups in total. The van der Waals surface area contributed by atoms with Crippen LogP contribution in [0.3, 0.4) is 0 Å². The van der Waals surface area contributed by atoms with E-state index < -0.39 is 17.8 Å². The number of rotatable bonds is 4. The zero-order valence-corrected chi connectivity index (χ0v) is 9.09. The molecule has 1 nitrogen and oxygen atoms in total. The van der Waals surface area contributed by atoms with Crippen LogP contribution in [-0.4, -0.2) is 11.2 Å². The van der Waals surface area contributed by atoms with Gasteiger partial charge in [-0.2, -0.15) is 13.2 Å². The Kier molecular flexibility index (Phi) is 4.35. The van der Waals surface area contributed by atoms with E-state index in [1.165, 1.54) is 12.1 Å². The molecule has 0 unspecified atom stereocenters. The van der Waals surface area contributed by atoms with E-state index in [-0.39, 0.29) is 12.0 Å². The molecule has 0 heterocycles. The molecule has 0 amide bonds. The molecular weight excluding hydrogens is 217 g/mol. The van der Waals surface area contributed by atoms with Crippen LogP contribution in [0.5, 0.6) is 0 Å². The lowest BCUT2D eigenvalue weighted by Gasteiger charge is -2.15. The zero-order valence-electron chi connectivity index (χ0n) is 9.09. The Balaban J connectivity index is 2.87. The third-order valence-electron chi connectivity index (χ3n) is 2.40. The fourth-order valence-electron chi connectivity index (χ4n) is 1.66. The van der Waals surface area contributed by atoms with Crippen LogP contribution in [0.2, 0.25) is 0 Å². The Hall–Kier alpha value is -1.03. The molecule has 0 aliphatic rings. The van der Waals surface area contributed by atoms with Gasteiger partial charge in [-0.3, -0.25) is 0 Å². The van der Waals surface area contributed by atoms with E-state index in [1.807, 2.05) is 6.92 Å². The summed E-state index contributed by atoms with van der Waals surface area (Å²) in [5, 5.41) is 9.53. The Labute approximate surface area is 92.9 Å². The quantitative estimate of drug-likeness (QED) is 0.843. The number of halogens is 3. The first-order valence-electron chi connectivity index (χ1n) is 5.28. The molecule has 0 spiro atoms. The van der Waals surface area contributed by atoms with Gasteiger partial charge in [-0.1, -0.05) is 31.5 Å². The highest BCUT2D eigenvalue weighted by Gasteiger charge is 2.33. The molecule has 0 saturated carbocycles. The van der Waals surface area contributed by atoms with Crippen LogP contribution in [0.15, 0.2) is 24.3 Å². The maximum absolute atomic E-state index is 12.6. The predicted molar refractivity (Wildman–Crippen MR) is 56.1 cm³/mol. The summed E-state index contributed by atoms with van der Waals surface area (Å²) >= 11 is 0. The Morgan fingerprint density at radius 3 is 2.44 bits per heavy atom. The maximum Gasteiger partial charge on any atom is 0.416 e. The molecule has 0 saturated heterocycles. The Morgan fingerprint density at radius 1 is 1.25 bits per heavy atom. The lowest BCUT2D eigenvalue weighted by Crippen LogP contribution is -2.15. The van der Waals surface area contributed by atoms with Crippen LogP contribution in [0, 0.1) is 0 Å². The van der Waals surface area contributed by atoms with Crippen molar-refractivity contribution in [3.63, 3.8) is 0 Å². The summed E-state index contributed by atoms with van der Waals surface area (Å²) in [7, 11) is 0. The molecule has 0 aliphatic heterocycles. The maximum atomic E-state index is 12.6. The van der Waals surface area contributed by atoms with Gasteiger partial charge in [0.15, 0.2) is 0 Å². The van der Waals surface area contributed by atoms with Crippen LogP contribution in [0.1, 0.15) is 30.9 Å². The SMILES string of the molecule is CCC[C@H](O)Cc1ccccc1C(F)(F)F.